The Kier molecular flexibility index (Phi) is 4.45. The molecule has 0 amide bonds. The summed E-state index contributed by atoms with van der Waals surface area (Å²) in [6.07, 6.45) is 10.7. The molecule has 27 heavy (non-hydrogen) atoms. The van der Waals surface area contributed by atoms with Gasteiger partial charge < -0.3 is 19.8 Å². The van der Waals surface area contributed by atoms with Crippen molar-refractivity contribution in [1.82, 2.24) is 0 Å². The fraction of sp³-hybridized carbons (Fsp3) is 0.818. The lowest BCUT2D eigenvalue weighted by Gasteiger charge is -2.59. The van der Waals surface area contributed by atoms with Crippen LogP contribution in [0.3, 0.4) is 0 Å². The SMILES string of the molecule is C[C@]1(O)CC[C@@H]2[C@H]3CCC4=CC(=NOCC(=O)[O-])CC[C@@]4(C)[C@H]3CC[C@]21C. The van der Waals surface area contributed by atoms with E-state index in [1.54, 1.807) is 0 Å². The molecule has 3 saturated carbocycles. The number of aliphatic carboxylic acids is 1. The molecule has 0 saturated heterocycles. The maximum absolute atomic E-state index is 11.0. The molecular formula is C22H32NO4-. The minimum atomic E-state index is -1.24. The molecule has 4 rings (SSSR count). The smallest absolute Gasteiger partial charge is 0.156 e. The lowest BCUT2D eigenvalue weighted by Crippen LogP contribution is -2.53. The third-order valence-electron chi connectivity index (χ3n) is 8.90. The van der Waals surface area contributed by atoms with E-state index in [2.05, 4.69) is 32.0 Å². The number of aliphatic hydroxyl groups is 1. The Morgan fingerprint density at radius 1 is 1.19 bits per heavy atom. The number of carbonyl (C=O) groups is 1. The number of rotatable bonds is 3. The molecule has 4 aliphatic carbocycles. The summed E-state index contributed by atoms with van der Waals surface area (Å²) in [7, 11) is 0. The van der Waals surface area contributed by atoms with Gasteiger partial charge in [-0.2, -0.15) is 0 Å². The topological polar surface area (TPSA) is 82.0 Å². The minimum absolute atomic E-state index is 0.0612. The molecule has 6 atom stereocenters. The summed E-state index contributed by atoms with van der Waals surface area (Å²) in [6.45, 7) is 6.31. The van der Waals surface area contributed by atoms with Gasteiger partial charge >= 0.3 is 0 Å². The Labute approximate surface area is 161 Å². The standard InChI is InChI=1S/C22H33NO4/c1-20-9-6-15(23-27-13-19(24)25)12-14(20)4-5-16-17(20)7-10-21(2)18(16)8-11-22(21,3)26/h12,16-18,26H,4-11,13H2,1-3H3,(H,24,25)/p-1/t16-,17-,18+,20+,21+,22-/m0/s1. The van der Waals surface area contributed by atoms with E-state index in [9.17, 15) is 15.0 Å². The molecule has 0 unspecified atom stereocenters. The molecule has 0 aromatic heterocycles. The number of carboxylic acid groups (broad SMARTS) is 1. The highest BCUT2D eigenvalue weighted by atomic mass is 16.6. The summed E-state index contributed by atoms with van der Waals surface area (Å²) in [5, 5.41) is 25.5. The van der Waals surface area contributed by atoms with Crippen LogP contribution in [-0.4, -0.2) is 29.0 Å². The van der Waals surface area contributed by atoms with Crippen LogP contribution in [0.5, 0.6) is 0 Å². The molecular weight excluding hydrogens is 342 g/mol. The van der Waals surface area contributed by atoms with Crippen molar-refractivity contribution in [2.45, 2.75) is 77.7 Å². The zero-order chi connectivity index (χ0) is 19.4. The highest BCUT2D eigenvalue weighted by Gasteiger charge is 2.62. The van der Waals surface area contributed by atoms with Gasteiger partial charge in [-0.3, -0.25) is 0 Å². The number of hydrogen-bond donors (Lipinski definition) is 1. The van der Waals surface area contributed by atoms with E-state index in [1.165, 1.54) is 18.4 Å². The molecule has 150 valence electrons. The van der Waals surface area contributed by atoms with Crippen LogP contribution in [0.15, 0.2) is 16.8 Å². The molecule has 1 N–H and O–H groups in total. The maximum Gasteiger partial charge on any atom is 0.156 e. The molecule has 0 bridgehead atoms. The van der Waals surface area contributed by atoms with E-state index in [1.807, 2.05) is 0 Å². The fourth-order valence-electron chi connectivity index (χ4n) is 7.05. The zero-order valence-electron chi connectivity index (χ0n) is 16.8. The molecule has 0 radical (unpaired) electrons. The van der Waals surface area contributed by atoms with Crippen LogP contribution in [0.25, 0.3) is 0 Å². The number of hydrogen-bond acceptors (Lipinski definition) is 5. The Bertz CT molecular complexity index is 696. The summed E-state index contributed by atoms with van der Waals surface area (Å²) >= 11 is 0. The van der Waals surface area contributed by atoms with Crippen molar-refractivity contribution in [2.75, 3.05) is 6.61 Å². The molecule has 0 aromatic carbocycles. The highest BCUT2D eigenvalue weighted by Crippen LogP contribution is 2.67. The number of nitrogens with zero attached hydrogens (tertiary/aromatic N) is 1. The van der Waals surface area contributed by atoms with Crippen molar-refractivity contribution in [3.05, 3.63) is 11.6 Å². The zero-order valence-corrected chi connectivity index (χ0v) is 16.8. The Hall–Kier alpha value is -1.36. The quantitative estimate of drug-likeness (QED) is 0.770. The number of carboxylic acids is 1. The van der Waals surface area contributed by atoms with Gasteiger partial charge in [0, 0.05) is 0 Å². The van der Waals surface area contributed by atoms with Gasteiger partial charge in [-0.25, -0.2) is 0 Å². The number of carbonyl (C=O) groups excluding carboxylic acids is 1. The lowest BCUT2D eigenvalue weighted by atomic mass is 9.46. The van der Waals surface area contributed by atoms with Crippen molar-refractivity contribution < 1.29 is 19.8 Å². The van der Waals surface area contributed by atoms with Crippen LogP contribution in [0.1, 0.15) is 72.1 Å². The van der Waals surface area contributed by atoms with E-state index in [4.69, 9.17) is 4.84 Å². The van der Waals surface area contributed by atoms with Gasteiger partial charge in [0.25, 0.3) is 0 Å². The second kappa shape index (κ2) is 6.33. The van der Waals surface area contributed by atoms with Crippen LogP contribution in [0.4, 0.5) is 0 Å². The van der Waals surface area contributed by atoms with Crippen molar-refractivity contribution in [3.8, 4) is 0 Å². The third kappa shape index (κ3) is 2.84. The molecule has 0 aromatic rings. The molecule has 0 aliphatic heterocycles. The molecule has 4 aliphatic rings. The van der Waals surface area contributed by atoms with Gasteiger partial charge in [0.2, 0.25) is 0 Å². The summed E-state index contributed by atoms with van der Waals surface area (Å²) in [6, 6.07) is 0. The Balaban J connectivity index is 1.56. The number of fused-ring (bicyclic) bond motifs is 5. The van der Waals surface area contributed by atoms with Gasteiger partial charge in [0.1, 0.15) is 0 Å². The average molecular weight is 375 g/mol. The van der Waals surface area contributed by atoms with Crippen LogP contribution >= 0.6 is 0 Å². The van der Waals surface area contributed by atoms with E-state index < -0.39 is 18.2 Å². The second-order valence-corrected chi connectivity index (χ2v) is 10.00. The van der Waals surface area contributed by atoms with Gasteiger partial charge in [-0.1, -0.05) is 24.6 Å². The van der Waals surface area contributed by atoms with Crippen LogP contribution in [0.2, 0.25) is 0 Å². The Morgan fingerprint density at radius 3 is 2.67 bits per heavy atom. The largest absolute Gasteiger partial charge is 0.546 e. The van der Waals surface area contributed by atoms with Crippen molar-refractivity contribution in [3.63, 3.8) is 0 Å². The first-order valence-electron chi connectivity index (χ1n) is 10.5. The molecule has 0 heterocycles. The molecule has 3 fully saturated rings. The summed E-state index contributed by atoms with van der Waals surface area (Å²) < 4.78 is 0. The van der Waals surface area contributed by atoms with Crippen LogP contribution in [0, 0.1) is 28.6 Å². The predicted molar refractivity (Wildman–Crippen MR) is 101 cm³/mol. The summed E-state index contributed by atoms with van der Waals surface area (Å²) in [4.78, 5) is 15.4. The van der Waals surface area contributed by atoms with E-state index in [0.717, 1.165) is 44.2 Å². The Morgan fingerprint density at radius 2 is 1.93 bits per heavy atom. The highest BCUT2D eigenvalue weighted by molar-refractivity contribution is 5.96. The van der Waals surface area contributed by atoms with Crippen molar-refractivity contribution in [1.29, 1.82) is 0 Å². The fourth-order valence-corrected chi connectivity index (χ4v) is 7.05. The summed E-state index contributed by atoms with van der Waals surface area (Å²) in [5.41, 5.74) is 2.05. The van der Waals surface area contributed by atoms with Gasteiger partial charge in [-0.05, 0) is 93.0 Å². The van der Waals surface area contributed by atoms with Gasteiger partial charge in [0.05, 0.1) is 17.3 Å². The molecule has 0 spiro atoms. The van der Waals surface area contributed by atoms with Gasteiger partial charge in [0.15, 0.2) is 6.61 Å². The van der Waals surface area contributed by atoms with Gasteiger partial charge in [-0.15, -0.1) is 0 Å². The monoisotopic (exact) mass is 374 g/mol. The summed E-state index contributed by atoms with van der Waals surface area (Å²) in [5.74, 6) is 0.764. The van der Waals surface area contributed by atoms with Crippen molar-refractivity contribution in [2.24, 2.45) is 33.7 Å². The van der Waals surface area contributed by atoms with E-state index in [0.29, 0.717) is 17.8 Å². The number of allylic oxidation sites excluding steroid dienone is 2. The first kappa shape index (κ1) is 19.0. The van der Waals surface area contributed by atoms with Crippen LogP contribution < -0.4 is 5.11 Å². The van der Waals surface area contributed by atoms with E-state index in [-0.39, 0.29) is 10.8 Å². The molecule has 5 heteroatoms. The minimum Gasteiger partial charge on any atom is -0.546 e. The normalized spacial score (nSPS) is 47.6. The number of oxime groups is 1. The third-order valence-corrected chi connectivity index (χ3v) is 8.90. The predicted octanol–water partition coefficient (Wildman–Crippen LogP) is 2.82. The first-order valence-corrected chi connectivity index (χ1v) is 10.5. The van der Waals surface area contributed by atoms with Crippen LogP contribution in [-0.2, 0) is 9.63 Å². The van der Waals surface area contributed by atoms with Crippen molar-refractivity contribution >= 4 is 11.7 Å². The maximum atomic E-state index is 11.0. The average Bonchev–Trinajstić information content (AvgIpc) is 2.84. The lowest BCUT2D eigenvalue weighted by molar-refractivity contribution is -0.309. The van der Waals surface area contributed by atoms with E-state index >= 15 is 0 Å². The second-order valence-electron chi connectivity index (χ2n) is 10.00. The first-order chi connectivity index (χ1) is 12.7. The molecule has 5 nitrogen and oxygen atoms in total.